The maximum absolute atomic E-state index is 6.02. The third-order valence-corrected chi connectivity index (χ3v) is 3.74. The average Bonchev–Trinajstić information content (AvgIpc) is 2.98. The summed E-state index contributed by atoms with van der Waals surface area (Å²) in [5.41, 5.74) is 8.41. The summed E-state index contributed by atoms with van der Waals surface area (Å²) in [5.74, 6) is 1.97. The number of pyridine rings is 1. The van der Waals surface area contributed by atoms with E-state index < -0.39 is 0 Å². The first-order valence-corrected chi connectivity index (χ1v) is 7.62. The lowest BCUT2D eigenvalue weighted by Gasteiger charge is -2.23. The molecule has 2 heterocycles. The molecule has 2 rings (SSSR count). The number of hydrogen-bond acceptors (Lipinski definition) is 4. The molecule has 0 saturated heterocycles. The smallest absolute Gasteiger partial charge is 0.131 e. The van der Waals surface area contributed by atoms with E-state index in [-0.39, 0.29) is 6.04 Å². The Labute approximate surface area is 127 Å². The van der Waals surface area contributed by atoms with Gasteiger partial charge in [-0.2, -0.15) is 0 Å². The molecule has 0 aromatic carbocycles. The number of anilines is 1. The van der Waals surface area contributed by atoms with Crippen LogP contribution >= 0.6 is 0 Å². The number of nitrogens with two attached hydrogens (primary N) is 1. The predicted molar refractivity (Wildman–Crippen MR) is 86.4 cm³/mol. The Bertz CT molecular complexity index is 551. The van der Waals surface area contributed by atoms with Crippen LogP contribution < -0.4 is 10.6 Å². The molecule has 0 radical (unpaired) electrons. The van der Waals surface area contributed by atoms with Crippen molar-refractivity contribution in [3.05, 3.63) is 47.5 Å². The third kappa shape index (κ3) is 4.08. The molecule has 1 atom stereocenters. The van der Waals surface area contributed by atoms with Crippen molar-refractivity contribution in [2.24, 2.45) is 5.73 Å². The topological polar surface area (TPSA) is 55.3 Å². The fourth-order valence-corrected chi connectivity index (χ4v) is 2.44. The van der Waals surface area contributed by atoms with Crippen molar-refractivity contribution in [3.63, 3.8) is 0 Å². The molecule has 21 heavy (non-hydrogen) atoms. The fraction of sp³-hybridized carbons (Fsp3) is 0.471. The molecule has 1 unspecified atom stereocenters. The van der Waals surface area contributed by atoms with Gasteiger partial charge in [0.1, 0.15) is 11.6 Å². The van der Waals surface area contributed by atoms with Crippen molar-refractivity contribution >= 4 is 5.82 Å². The summed E-state index contributed by atoms with van der Waals surface area (Å²) in [6, 6.07) is 6.32. The Kier molecular flexibility index (Phi) is 5.39. The van der Waals surface area contributed by atoms with Gasteiger partial charge < -0.3 is 15.1 Å². The molecule has 2 N–H and O–H groups in total. The molecule has 2 aromatic heterocycles. The number of furan rings is 1. The number of nitrogens with zero attached hydrogens (tertiary/aromatic N) is 2. The van der Waals surface area contributed by atoms with Crippen LogP contribution in [-0.4, -0.2) is 17.6 Å². The molecular formula is C17H25N3O. The van der Waals surface area contributed by atoms with Gasteiger partial charge in [0.25, 0.3) is 0 Å². The summed E-state index contributed by atoms with van der Waals surface area (Å²) in [5, 5.41) is 0. The number of hydrogen-bond donors (Lipinski definition) is 1. The lowest BCUT2D eigenvalue weighted by Crippen LogP contribution is -2.24. The van der Waals surface area contributed by atoms with Crippen molar-refractivity contribution in [1.29, 1.82) is 0 Å². The fourth-order valence-electron chi connectivity index (χ4n) is 2.44. The molecule has 0 aliphatic rings. The Morgan fingerprint density at radius 2 is 2.19 bits per heavy atom. The van der Waals surface area contributed by atoms with Crippen molar-refractivity contribution < 1.29 is 4.42 Å². The summed E-state index contributed by atoms with van der Waals surface area (Å²) in [6.45, 7) is 7.98. The van der Waals surface area contributed by atoms with Gasteiger partial charge in [-0.15, -0.1) is 0 Å². The van der Waals surface area contributed by atoms with Crippen LogP contribution in [0.5, 0.6) is 0 Å². The van der Waals surface area contributed by atoms with Crippen molar-refractivity contribution in [2.75, 3.05) is 11.4 Å². The van der Waals surface area contributed by atoms with E-state index in [1.807, 2.05) is 18.3 Å². The Balaban J connectivity index is 2.14. The highest BCUT2D eigenvalue weighted by atomic mass is 16.3. The van der Waals surface area contributed by atoms with E-state index in [4.69, 9.17) is 10.2 Å². The Hall–Kier alpha value is -1.81. The molecule has 0 fully saturated rings. The highest BCUT2D eigenvalue weighted by Crippen LogP contribution is 2.21. The maximum Gasteiger partial charge on any atom is 0.131 e. The molecule has 0 aliphatic heterocycles. The molecule has 0 bridgehead atoms. The van der Waals surface area contributed by atoms with Gasteiger partial charge in [-0.25, -0.2) is 4.98 Å². The monoisotopic (exact) mass is 287 g/mol. The minimum Gasteiger partial charge on any atom is -0.467 e. The largest absolute Gasteiger partial charge is 0.467 e. The van der Waals surface area contributed by atoms with Crippen LogP contribution in [0, 0.1) is 6.92 Å². The highest BCUT2D eigenvalue weighted by molar-refractivity contribution is 5.47. The van der Waals surface area contributed by atoms with Crippen LogP contribution in [0.3, 0.4) is 0 Å². The predicted octanol–water partition coefficient (Wildman–Crippen LogP) is 3.29. The first kappa shape index (κ1) is 15.6. The average molecular weight is 287 g/mol. The normalized spacial score (nSPS) is 12.4. The van der Waals surface area contributed by atoms with Crippen molar-refractivity contribution in [1.82, 2.24) is 4.98 Å². The lowest BCUT2D eigenvalue weighted by atomic mass is 10.0. The Morgan fingerprint density at radius 1 is 1.38 bits per heavy atom. The van der Waals surface area contributed by atoms with E-state index in [0.29, 0.717) is 0 Å². The van der Waals surface area contributed by atoms with E-state index in [1.54, 1.807) is 6.26 Å². The van der Waals surface area contributed by atoms with Gasteiger partial charge in [-0.1, -0.05) is 13.0 Å². The molecule has 4 heteroatoms. The van der Waals surface area contributed by atoms with Gasteiger partial charge in [0, 0.05) is 18.8 Å². The van der Waals surface area contributed by atoms with E-state index in [2.05, 4.69) is 36.7 Å². The second-order valence-electron chi connectivity index (χ2n) is 5.45. The molecule has 0 aliphatic carbocycles. The first-order chi connectivity index (χ1) is 10.1. The number of aromatic nitrogens is 1. The van der Waals surface area contributed by atoms with E-state index in [1.165, 1.54) is 11.1 Å². The molecular weight excluding hydrogens is 262 g/mol. The molecule has 4 nitrogen and oxygen atoms in total. The van der Waals surface area contributed by atoms with Crippen LogP contribution in [0.2, 0.25) is 0 Å². The van der Waals surface area contributed by atoms with Gasteiger partial charge in [0.2, 0.25) is 0 Å². The summed E-state index contributed by atoms with van der Waals surface area (Å²) in [6.07, 6.45) is 5.52. The van der Waals surface area contributed by atoms with Gasteiger partial charge >= 0.3 is 0 Å². The second kappa shape index (κ2) is 7.27. The lowest BCUT2D eigenvalue weighted by molar-refractivity contribution is 0.502. The molecule has 0 spiro atoms. The van der Waals surface area contributed by atoms with Crippen molar-refractivity contribution in [3.8, 4) is 0 Å². The van der Waals surface area contributed by atoms with Crippen LogP contribution in [-0.2, 0) is 13.0 Å². The van der Waals surface area contributed by atoms with Gasteiger partial charge in [0.15, 0.2) is 0 Å². The number of rotatable bonds is 7. The summed E-state index contributed by atoms with van der Waals surface area (Å²) < 4.78 is 5.43. The third-order valence-electron chi connectivity index (χ3n) is 3.74. The van der Waals surface area contributed by atoms with E-state index in [0.717, 1.165) is 37.5 Å². The minimum absolute atomic E-state index is 0.211. The van der Waals surface area contributed by atoms with E-state index >= 15 is 0 Å². The Morgan fingerprint density at radius 3 is 2.76 bits per heavy atom. The minimum atomic E-state index is 0.211. The summed E-state index contributed by atoms with van der Waals surface area (Å²) in [7, 11) is 0. The summed E-state index contributed by atoms with van der Waals surface area (Å²) in [4.78, 5) is 6.87. The zero-order valence-corrected chi connectivity index (χ0v) is 13.2. The van der Waals surface area contributed by atoms with Gasteiger partial charge in [0.05, 0.1) is 12.8 Å². The quantitative estimate of drug-likeness (QED) is 0.849. The van der Waals surface area contributed by atoms with Crippen LogP contribution in [0.4, 0.5) is 5.82 Å². The zero-order chi connectivity index (χ0) is 15.2. The van der Waals surface area contributed by atoms with Gasteiger partial charge in [-0.3, -0.25) is 0 Å². The van der Waals surface area contributed by atoms with Crippen LogP contribution in [0.15, 0.2) is 35.1 Å². The zero-order valence-electron chi connectivity index (χ0n) is 13.2. The van der Waals surface area contributed by atoms with E-state index in [9.17, 15) is 0 Å². The SMILES string of the molecule is CCC(N)Cc1cnc(N(CC)Cc2ccco2)c(C)c1. The summed E-state index contributed by atoms with van der Waals surface area (Å²) >= 11 is 0. The maximum atomic E-state index is 6.02. The first-order valence-electron chi connectivity index (χ1n) is 7.62. The van der Waals surface area contributed by atoms with Crippen molar-refractivity contribution in [2.45, 2.75) is 46.2 Å². The molecule has 114 valence electrons. The molecule has 0 saturated carbocycles. The molecule has 2 aromatic rings. The standard InChI is InChI=1S/C17H25N3O/c1-4-15(18)10-14-9-13(3)17(19-11-14)20(5-2)12-16-7-6-8-21-16/h6-9,11,15H,4-5,10,12,18H2,1-3H3. The van der Waals surface area contributed by atoms with Crippen LogP contribution in [0.25, 0.3) is 0 Å². The second-order valence-corrected chi connectivity index (χ2v) is 5.45. The number of aryl methyl sites for hydroxylation is 1. The molecule has 0 amide bonds. The van der Waals surface area contributed by atoms with Crippen LogP contribution in [0.1, 0.15) is 37.2 Å². The highest BCUT2D eigenvalue weighted by Gasteiger charge is 2.12. The van der Waals surface area contributed by atoms with Gasteiger partial charge in [-0.05, 0) is 49.9 Å².